The Bertz CT molecular complexity index is 334. The minimum Gasteiger partial charge on any atom is -0.480 e. The first kappa shape index (κ1) is 14.5. The molecule has 0 aromatic heterocycles. The van der Waals surface area contributed by atoms with Crippen molar-refractivity contribution in [3.8, 4) is 0 Å². The molecule has 2 aliphatic rings. The number of carbonyl (C=O) groups excluding carboxylic acids is 1. The quantitative estimate of drug-likeness (QED) is 0.794. The Kier molecular flexibility index (Phi) is 5.33. The van der Waals surface area contributed by atoms with Crippen LogP contribution >= 0.6 is 11.8 Å². The molecule has 2 fully saturated rings. The number of urea groups is 1. The standard InChI is InChI=1S/C12H21N3O3S/c16-11(17)10-8-19-9-15(10)12(18)13-4-7-14-5-2-1-3-6-14/h10H,1-9H2,(H,13,18)(H,16,17)/t10-/m0/s1. The first-order valence-corrected chi connectivity index (χ1v) is 7.91. The molecule has 2 N–H and O–H groups in total. The molecule has 2 aliphatic heterocycles. The largest absolute Gasteiger partial charge is 0.480 e. The first-order chi connectivity index (χ1) is 9.18. The highest BCUT2D eigenvalue weighted by molar-refractivity contribution is 7.99. The van der Waals surface area contributed by atoms with Crippen LogP contribution in [0, 0.1) is 0 Å². The molecule has 108 valence electrons. The van der Waals surface area contributed by atoms with Crippen LogP contribution in [0.4, 0.5) is 4.79 Å². The van der Waals surface area contributed by atoms with E-state index in [2.05, 4.69) is 10.2 Å². The van der Waals surface area contributed by atoms with Crippen molar-refractivity contribution in [3.63, 3.8) is 0 Å². The number of hydrogen-bond acceptors (Lipinski definition) is 4. The monoisotopic (exact) mass is 287 g/mol. The van der Waals surface area contributed by atoms with Crippen molar-refractivity contribution in [2.75, 3.05) is 37.8 Å². The van der Waals surface area contributed by atoms with Gasteiger partial charge in [0.15, 0.2) is 0 Å². The molecule has 2 amide bonds. The minimum atomic E-state index is -0.920. The van der Waals surface area contributed by atoms with Gasteiger partial charge in [0.1, 0.15) is 6.04 Å². The van der Waals surface area contributed by atoms with Crippen LogP contribution in [0.25, 0.3) is 0 Å². The van der Waals surface area contributed by atoms with Crippen LogP contribution in [0.5, 0.6) is 0 Å². The van der Waals surface area contributed by atoms with Crippen molar-refractivity contribution < 1.29 is 14.7 Å². The average molecular weight is 287 g/mol. The van der Waals surface area contributed by atoms with E-state index in [0.717, 1.165) is 19.6 Å². The van der Waals surface area contributed by atoms with Crippen LogP contribution in [-0.4, -0.2) is 70.8 Å². The van der Waals surface area contributed by atoms with Gasteiger partial charge in [-0.25, -0.2) is 9.59 Å². The Hall–Kier alpha value is -0.950. The molecular formula is C12H21N3O3S. The number of rotatable bonds is 4. The zero-order chi connectivity index (χ0) is 13.7. The van der Waals surface area contributed by atoms with E-state index >= 15 is 0 Å². The van der Waals surface area contributed by atoms with E-state index in [9.17, 15) is 9.59 Å². The summed E-state index contributed by atoms with van der Waals surface area (Å²) in [6.07, 6.45) is 3.77. The minimum absolute atomic E-state index is 0.255. The second-order valence-corrected chi connectivity index (χ2v) is 5.96. The third-order valence-electron chi connectivity index (χ3n) is 3.58. The van der Waals surface area contributed by atoms with Gasteiger partial charge in [-0.15, -0.1) is 11.8 Å². The molecule has 0 aromatic rings. The molecule has 0 bridgehead atoms. The van der Waals surface area contributed by atoms with E-state index in [-0.39, 0.29) is 6.03 Å². The number of hydrogen-bond donors (Lipinski definition) is 2. The third-order valence-corrected chi connectivity index (χ3v) is 4.59. The molecule has 19 heavy (non-hydrogen) atoms. The van der Waals surface area contributed by atoms with Gasteiger partial charge in [-0.05, 0) is 25.9 Å². The number of carboxylic acid groups (broad SMARTS) is 1. The van der Waals surface area contributed by atoms with E-state index in [0.29, 0.717) is 18.2 Å². The van der Waals surface area contributed by atoms with Crippen LogP contribution in [0.15, 0.2) is 0 Å². The summed E-state index contributed by atoms with van der Waals surface area (Å²) < 4.78 is 0. The summed E-state index contributed by atoms with van der Waals surface area (Å²) in [6, 6.07) is -0.936. The second-order valence-electron chi connectivity index (χ2n) is 4.96. The zero-order valence-corrected chi connectivity index (χ0v) is 11.8. The molecule has 0 radical (unpaired) electrons. The Balaban J connectivity index is 1.70. The van der Waals surface area contributed by atoms with Crippen LogP contribution < -0.4 is 5.32 Å². The topological polar surface area (TPSA) is 72.9 Å². The Morgan fingerprint density at radius 3 is 2.68 bits per heavy atom. The van der Waals surface area contributed by atoms with Crippen molar-refractivity contribution >= 4 is 23.8 Å². The average Bonchev–Trinajstić information content (AvgIpc) is 2.89. The van der Waals surface area contributed by atoms with E-state index in [1.807, 2.05) is 0 Å². The Morgan fingerprint density at radius 2 is 2.00 bits per heavy atom. The van der Waals surface area contributed by atoms with E-state index in [4.69, 9.17) is 5.11 Å². The lowest BCUT2D eigenvalue weighted by molar-refractivity contribution is -0.140. The number of piperidine rings is 1. The maximum absolute atomic E-state index is 11.9. The predicted octanol–water partition coefficient (Wildman–Crippen LogP) is 0.641. The maximum Gasteiger partial charge on any atom is 0.327 e. The molecule has 7 heteroatoms. The lowest BCUT2D eigenvalue weighted by atomic mass is 10.1. The number of amides is 2. The van der Waals surface area contributed by atoms with Crippen LogP contribution in [0.2, 0.25) is 0 Å². The summed E-state index contributed by atoms with van der Waals surface area (Å²) in [6.45, 7) is 3.65. The number of likely N-dealkylation sites (tertiary alicyclic amines) is 1. The van der Waals surface area contributed by atoms with E-state index in [1.54, 1.807) is 0 Å². The summed E-state index contributed by atoms with van der Waals surface area (Å²) in [5, 5.41) is 11.8. The Morgan fingerprint density at radius 1 is 1.26 bits per heavy atom. The molecule has 0 aliphatic carbocycles. The zero-order valence-electron chi connectivity index (χ0n) is 11.0. The normalized spacial score (nSPS) is 24.4. The smallest absolute Gasteiger partial charge is 0.327 e. The predicted molar refractivity (Wildman–Crippen MR) is 74.3 cm³/mol. The van der Waals surface area contributed by atoms with E-state index < -0.39 is 12.0 Å². The van der Waals surface area contributed by atoms with E-state index in [1.165, 1.54) is 35.9 Å². The second kappa shape index (κ2) is 7.00. The van der Waals surface area contributed by atoms with Gasteiger partial charge < -0.3 is 20.2 Å². The summed E-state index contributed by atoms with van der Waals surface area (Å²) in [5.74, 6) is 0.0256. The molecule has 0 aromatic carbocycles. The molecular weight excluding hydrogens is 266 g/mol. The number of nitrogens with zero attached hydrogens (tertiary/aromatic N) is 2. The molecule has 6 nitrogen and oxygen atoms in total. The highest BCUT2D eigenvalue weighted by Gasteiger charge is 2.34. The SMILES string of the molecule is O=C(O)[C@@H]1CSCN1C(=O)NCCN1CCCCC1. The summed E-state index contributed by atoms with van der Waals surface area (Å²) >= 11 is 1.48. The highest BCUT2D eigenvalue weighted by Crippen LogP contribution is 2.20. The fourth-order valence-corrected chi connectivity index (χ4v) is 3.60. The molecule has 2 saturated heterocycles. The number of carboxylic acids is 1. The number of nitrogens with one attached hydrogen (secondary N) is 1. The molecule has 0 spiro atoms. The fourth-order valence-electron chi connectivity index (χ4n) is 2.45. The van der Waals surface area contributed by atoms with Crippen LogP contribution in [0.3, 0.4) is 0 Å². The highest BCUT2D eigenvalue weighted by atomic mass is 32.2. The van der Waals surface area contributed by atoms with Gasteiger partial charge in [-0.2, -0.15) is 0 Å². The molecule has 2 heterocycles. The van der Waals surface area contributed by atoms with Gasteiger partial charge in [-0.1, -0.05) is 6.42 Å². The fraction of sp³-hybridized carbons (Fsp3) is 0.833. The lowest BCUT2D eigenvalue weighted by Gasteiger charge is -2.27. The van der Waals surface area contributed by atoms with Gasteiger partial charge in [0.05, 0.1) is 5.88 Å². The van der Waals surface area contributed by atoms with Gasteiger partial charge >= 0.3 is 12.0 Å². The lowest BCUT2D eigenvalue weighted by Crippen LogP contribution is -2.48. The van der Waals surface area contributed by atoms with Gasteiger partial charge in [0.2, 0.25) is 0 Å². The van der Waals surface area contributed by atoms with Crippen LogP contribution in [-0.2, 0) is 4.79 Å². The maximum atomic E-state index is 11.9. The number of aliphatic carboxylic acids is 1. The van der Waals surface area contributed by atoms with Crippen molar-refractivity contribution in [1.82, 2.24) is 15.1 Å². The molecule has 0 unspecified atom stereocenters. The van der Waals surface area contributed by atoms with Gasteiger partial charge in [0, 0.05) is 18.8 Å². The Labute approximate surface area is 117 Å². The number of thioether (sulfide) groups is 1. The van der Waals surface area contributed by atoms with Gasteiger partial charge in [0.25, 0.3) is 0 Å². The summed E-state index contributed by atoms with van der Waals surface area (Å²) in [4.78, 5) is 26.7. The van der Waals surface area contributed by atoms with Crippen molar-refractivity contribution in [2.45, 2.75) is 25.3 Å². The summed E-state index contributed by atoms with van der Waals surface area (Å²) in [7, 11) is 0. The molecule has 0 saturated carbocycles. The van der Waals surface area contributed by atoms with Crippen molar-refractivity contribution in [2.24, 2.45) is 0 Å². The molecule has 2 rings (SSSR count). The number of carbonyl (C=O) groups is 2. The summed E-state index contributed by atoms with van der Waals surface area (Å²) in [5.41, 5.74) is 0. The third kappa shape index (κ3) is 4.01. The van der Waals surface area contributed by atoms with Crippen LogP contribution in [0.1, 0.15) is 19.3 Å². The van der Waals surface area contributed by atoms with Crippen molar-refractivity contribution in [3.05, 3.63) is 0 Å². The molecule has 1 atom stereocenters. The van der Waals surface area contributed by atoms with Crippen molar-refractivity contribution in [1.29, 1.82) is 0 Å². The van der Waals surface area contributed by atoms with Gasteiger partial charge in [-0.3, -0.25) is 0 Å². The first-order valence-electron chi connectivity index (χ1n) is 6.76.